The van der Waals surface area contributed by atoms with Crippen LogP contribution < -0.4 is 5.32 Å². The van der Waals surface area contributed by atoms with Gasteiger partial charge in [-0.25, -0.2) is 8.78 Å². The van der Waals surface area contributed by atoms with Crippen molar-refractivity contribution in [2.24, 2.45) is 11.3 Å². The van der Waals surface area contributed by atoms with Crippen molar-refractivity contribution in [1.82, 2.24) is 10.2 Å². The van der Waals surface area contributed by atoms with E-state index in [4.69, 9.17) is 0 Å². The second-order valence-corrected chi connectivity index (χ2v) is 7.13. The van der Waals surface area contributed by atoms with Gasteiger partial charge >= 0.3 is 6.18 Å². The number of likely N-dealkylation sites (tertiary alicyclic amines) is 1. The summed E-state index contributed by atoms with van der Waals surface area (Å²) in [5.74, 6) is -4.97. The van der Waals surface area contributed by atoms with E-state index in [-0.39, 0.29) is 13.0 Å². The highest BCUT2D eigenvalue weighted by atomic mass is 19.4. The molecule has 0 aromatic carbocycles. The average Bonchev–Trinajstić information content (AvgIpc) is 3.14. The summed E-state index contributed by atoms with van der Waals surface area (Å²) in [5, 5.41) is 2.65. The maximum atomic E-state index is 13.3. The van der Waals surface area contributed by atoms with Crippen LogP contribution in [0, 0.1) is 11.3 Å². The van der Waals surface area contributed by atoms with Crippen LogP contribution in [0.2, 0.25) is 0 Å². The van der Waals surface area contributed by atoms with Crippen molar-refractivity contribution in [2.45, 2.75) is 56.7 Å². The molecule has 1 heterocycles. The molecule has 2 amide bonds. The predicted octanol–water partition coefficient (Wildman–Crippen LogP) is 2.48. The highest BCUT2D eigenvalue weighted by molar-refractivity contribution is 5.92. The van der Waals surface area contributed by atoms with E-state index < -0.39 is 48.2 Å². The molecule has 3 aliphatic rings. The van der Waals surface area contributed by atoms with Crippen LogP contribution in [0.25, 0.3) is 0 Å². The molecule has 1 aliphatic heterocycles. The molecule has 4 nitrogen and oxygen atoms in total. The molecule has 2 aliphatic carbocycles. The Morgan fingerprint density at radius 3 is 2.25 bits per heavy atom. The van der Waals surface area contributed by atoms with Crippen LogP contribution in [-0.4, -0.2) is 47.9 Å². The van der Waals surface area contributed by atoms with Gasteiger partial charge in [-0.15, -0.1) is 0 Å². The third-order valence-electron chi connectivity index (χ3n) is 5.15. The highest BCUT2D eigenvalue weighted by Crippen LogP contribution is 2.61. The first-order valence-corrected chi connectivity index (χ1v) is 8.09. The number of rotatable bonds is 4. The highest BCUT2D eigenvalue weighted by Gasteiger charge is 2.74. The molecule has 9 heteroatoms. The van der Waals surface area contributed by atoms with Gasteiger partial charge in [-0.05, 0) is 31.6 Å². The minimum absolute atomic E-state index is 0.0102. The number of halogens is 5. The Labute approximate surface area is 135 Å². The molecule has 0 aromatic heterocycles. The first-order valence-electron chi connectivity index (χ1n) is 8.09. The molecule has 2 saturated carbocycles. The van der Waals surface area contributed by atoms with Crippen molar-refractivity contribution in [2.75, 3.05) is 13.1 Å². The van der Waals surface area contributed by atoms with E-state index in [1.807, 2.05) is 0 Å². The van der Waals surface area contributed by atoms with Gasteiger partial charge in [0.15, 0.2) is 5.41 Å². The van der Waals surface area contributed by atoms with Crippen LogP contribution in [0.1, 0.15) is 38.5 Å². The molecule has 1 N–H and O–H groups in total. The fourth-order valence-corrected chi connectivity index (χ4v) is 3.55. The summed E-state index contributed by atoms with van der Waals surface area (Å²) in [6.07, 6.45) is -5.47. The lowest BCUT2D eigenvalue weighted by Gasteiger charge is -2.48. The first kappa shape index (κ1) is 17.4. The van der Waals surface area contributed by atoms with Gasteiger partial charge in [-0.3, -0.25) is 9.59 Å². The molecular weight excluding hydrogens is 335 g/mol. The molecule has 1 unspecified atom stereocenters. The summed E-state index contributed by atoms with van der Waals surface area (Å²) >= 11 is 0. The summed E-state index contributed by atoms with van der Waals surface area (Å²) in [5.41, 5.74) is -3.06. The largest absolute Gasteiger partial charge is 0.403 e. The van der Waals surface area contributed by atoms with Crippen LogP contribution >= 0.6 is 0 Å². The zero-order chi connectivity index (χ0) is 17.8. The molecule has 0 radical (unpaired) electrons. The van der Waals surface area contributed by atoms with Crippen LogP contribution in [-0.2, 0) is 9.59 Å². The van der Waals surface area contributed by atoms with Gasteiger partial charge in [0.25, 0.3) is 5.92 Å². The number of alkyl halides is 5. The molecule has 0 spiro atoms. The summed E-state index contributed by atoms with van der Waals surface area (Å²) in [6, 6.07) is -0.996. The van der Waals surface area contributed by atoms with E-state index in [2.05, 4.69) is 5.32 Å². The molecule has 0 bridgehead atoms. The summed E-state index contributed by atoms with van der Waals surface area (Å²) < 4.78 is 66.2. The Bertz CT molecular complexity index is 536. The minimum atomic E-state index is -5.05. The zero-order valence-electron chi connectivity index (χ0n) is 13.0. The quantitative estimate of drug-likeness (QED) is 0.789. The van der Waals surface area contributed by atoms with Gasteiger partial charge in [0.1, 0.15) is 6.04 Å². The van der Waals surface area contributed by atoms with Crippen molar-refractivity contribution in [3.8, 4) is 0 Å². The van der Waals surface area contributed by atoms with E-state index in [1.54, 1.807) is 0 Å². The van der Waals surface area contributed by atoms with Crippen molar-refractivity contribution in [1.29, 1.82) is 0 Å². The number of carbonyl (C=O) groups is 2. The van der Waals surface area contributed by atoms with Crippen LogP contribution in [0.5, 0.6) is 0 Å². The Hall–Kier alpha value is -1.41. The van der Waals surface area contributed by atoms with Crippen molar-refractivity contribution in [3.63, 3.8) is 0 Å². The molecule has 3 fully saturated rings. The monoisotopic (exact) mass is 354 g/mol. The fraction of sp³-hybridized carbons (Fsp3) is 0.867. The Kier molecular flexibility index (Phi) is 4.03. The lowest BCUT2D eigenvalue weighted by atomic mass is 9.64. The van der Waals surface area contributed by atoms with Crippen LogP contribution in [0.15, 0.2) is 0 Å². The summed E-state index contributed by atoms with van der Waals surface area (Å²) in [4.78, 5) is 25.5. The Morgan fingerprint density at radius 2 is 1.75 bits per heavy atom. The standard InChI is InChI=1S/C15H19F5N2O2/c16-14(17)7-13(8-14,15(18,19)20)12(24)22-5-1-2-10(22)11(23)21-6-9-3-4-9/h9-10H,1-8H2,(H,21,23). The molecule has 136 valence electrons. The molecule has 0 aromatic rings. The second-order valence-electron chi connectivity index (χ2n) is 7.13. The molecule has 1 atom stereocenters. The number of carbonyl (C=O) groups excluding carboxylic acids is 2. The van der Waals surface area contributed by atoms with E-state index in [9.17, 15) is 31.5 Å². The summed E-state index contributed by atoms with van der Waals surface area (Å²) in [6.45, 7) is 0.434. The lowest BCUT2D eigenvalue weighted by Crippen LogP contribution is -2.64. The zero-order valence-corrected chi connectivity index (χ0v) is 13.0. The number of hydrogen-bond donors (Lipinski definition) is 1. The number of hydrogen-bond acceptors (Lipinski definition) is 2. The van der Waals surface area contributed by atoms with Crippen molar-refractivity contribution >= 4 is 11.8 Å². The lowest BCUT2D eigenvalue weighted by molar-refractivity contribution is -0.299. The van der Waals surface area contributed by atoms with E-state index in [1.165, 1.54) is 0 Å². The average molecular weight is 354 g/mol. The Balaban J connectivity index is 1.73. The van der Waals surface area contributed by atoms with Crippen molar-refractivity contribution in [3.05, 3.63) is 0 Å². The van der Waals surface area contributed by atoms with E-state index >= 15 is 0 Å². The molecule has 1 saturated heterocycles. The van der Waals surface area contributed by atoms with Gasteiger partial charge in [0.2, 0.25) is 11.8 Å². The van der Waals surface area contributed by atoms with E-state index in [0.717, 1.165) is 17.7 Å². The second kappa shape index (κ2) is 5.56. The van der Waals surface area contributed by atoms with Crippen molar-refractivity contribution < 1.29 is 31.5 Å². The van der Waals surface area contributed by atoms with Gasteiger partial charge in [-0.2, -0.15) is 13.2 Å². The number of amides is 2. The summed E-state index contributed by atoms with van der Waals surface area (Å²) in [7, 11) is 0. The maximum Gasteiger partial charge on any atom is 0.403 e. The van der Waals surface area contributed by atoms with Crippen LogP contribution in [0.4, 0.5) is 22.0 Å². The Morgan fingerprint density at radius 1 is 1.12 bits per heavy atom. The van der Waals surface area contributed by atoms with Gasteiger partial charge in [0, 0.05) is 25.9 Å². The topological polar surface area (TPSA) is 49.4 Å². The fourth-order valence-electron chi connectivity index (χ4n) is 3.55. The van der Waals surface area contributed by atoms with Gasteiger partial charge < -0.3 is 10.2 Å². The minimum Gasteiger partial charge on any atom is -0.354 e. The molecular formula is C15H19F5N2O2. The number of nitrogens with one attached hydrogen (secondary N) is 1. The van der Waals surface area contributed by atoms with Crippen LogP contribution in [0.3, 0.4) is 0 Å². The third kappa shape index (κ3) is 2.97. The first-order chi connectivity index (χ1) is 11.1. The van der Waals surface area contributed by atoms with E-state index in [0.29, 0.717) is 18.9 Å². The third-order valence-corrected chi connectivity index (χ3v) is 5.15. The smallest absolute Gasteiger partial charge is 0.354 e. The van der Waals surface area contributed by atoms with Gasteiger partial charge in [0.05, 0.1) is 0 Å². The molecule has 3 rings (SSSR count). The number of nitrogens with zero attached hydrogens (tertiary/aromatic N) is 1. The predicted molar refractivity (Wildman–Crippen MR) is 73.1 cm³/mol. The normalized spacial score (nSPS) is 28.4. The molecule has 24 heavy (non-hydrogen) atoms. The maximum absolute atomic E-state index is 13.3. The SMILES string of the molecule is O=C(NCC1CC1)C1CCCN1C(=O)C1(C(F)(F)F)CC(F)(F)C1. The van der Waals surface area contributed by atoms with Gasteiger partial charge in [-0.1, -0.05) is 0 Å².